The third kappa shape index (κ3) is 3.33. The summed E-state index contributed by atoms with van der Waals surface area (Å²) in [6.07, 6.45) is 3.39. The van der Waals surface area contributed by atoms with E-state index >= 15 is 0 Å². The molecule has 6 heteroatoms. The van der Waals surface area contributed by atoms with Crippen LogP contribution in [0.5, 0.6) is 0 Å². The molecule has 4 rings (SSSR count). The molecule has 5 nitrogen and oxygen atoms in total. The van der Waals surface area contributed by atoms with E-state index in [1.807, 2.05) is 52.3 Å². The van der Waals surface area contributed by atoms with Gasteiger partial charge in [-0.2, -0.15) is 0 Å². The molecule has 148 valence electrons. The van der Waals surface area contributed by atoms with Gasteiger partial charge in [-0.25, -0.2) is 4.79 Å². The second kappa shape index (κ2) is 6.98. The van der Waals surface area contributed by atoms with E-state index in [1.54, 1.807) is 0 Å². The highest BCUT2D eigenvalue weighted by molar-refractivity contribution is 6.30. The average molecular weight is 399 g/mol. The maximum atomic E-state index is 13.2. The van der Waals surface area contributed by atoms with Crippen molar-refractivity contribution in [3.63, 3.8) is 0 Å². The highest BCUT2D eigenvalue weighted by Gasteiger charge is 2.46. The molecule has 0 bridgehead atoms. The number of benzene rings is 2. The summed E-state index contributed by atoms with van der Waals surface area (Å²) in [6.45, 7) is 3.59. The summed E-state index contributed by atoms with van der Waals surface area (Å²) in [5, 5.41) is 0.711. The fraction of sp³-hybridized carbons (Fsp3) is 0.409. The molecule has 2 amide bonds. The Morgan fingerprint density at radius 3 is 2.39 bits per heavy atom. The van der Waals surface area contributed by atoms with E-state index in [0.717, 1.165) is 43.5 Å². The van der Waals surface area contributed by atoms with Gasteiger partial charge in [0.05, 0.1) is 0 Å². The van der Waals surface area contributed by atoms with Crippen molar-refractivity contribution in [2.24, 2.45) is 5.73 Å². The molecule has 1 heterocycles. The Kier molecular flexibility index (Phi) is 4.76. The van der Waals surface area contributed by atoms with Crippen molar-refractivity contribution in [2.45, 2.75) is 43.7 Å². The van der Waals surface area contributed by atoms with Crippen molar-refractivity contribution in [2.75, 3.05) is 23.7 Å². The van der Waals surface area contributed by atoms with Gasteiger partial charge in [0.2, 0.25) is 0 Å². The SMILES string of the molecule is CC1(N2CCN(c3cccc(N)c3)C2=O)CCC(N)(c2cccc(Cl)c2)CC1. The summed E-state index contributed by atoms with van der Waals surface area (Å²) in [6, 6.07) is 15.4. The number of nitrogens with zero attached hydrogens (tertiary/aromatic N) is 2. The second-order valence-electron chi connectivity index (χ2n) is 8.34. The Morgan fingerprint density at radius 1 is 1.00 bits per heavy atom. The Balaban J connectivity index is 1.49. The summed E-state index contributed by atoms with van der Waals surface area (Å²) >= 11 is 6.17. The first-order chi connectivity index (χ1) is 13.3. The third-order valence-corrected chi connectivity index (χ3v) is 6.70. The van der Waals surface area contributed by atoms with Crippen LogP contribution in [0.2, 0.25) is 5.02 Å². The summed E-state index contributed by atoms with van der Waals surface area (Å²) in [4.78, 5) is 17.0. The number of carbonyl (C=O) groups excluding carboxylic acids is 1. The third-order valence-electron chi connectivity index (χ3n) is 6.46. The van der Waals surface area contributed by atoms with Crippen LogP contribution in [0.1, 0.15) is 38.2 Å². The number of amides is 2. The smallest absolute Gasteiger partial charge is 0.325 e. The number of nitrogen functional groups attached to an aromatic ring is 1. The lowest BCUT2D eigenvalue weighted by Crippen LogP contribution is -2.54. The zero-order chi connectivity index (χ0) is 19.9. The molecule has 2 fully saturated rings. The number of hydrogen-bond donors (Lipinski definition) is 2. The van der Waals surface area contributed by atoms with Gasteiger partial charge < -0.3 is 16.4 Å². The van der Waals surface area contributed by atoms with Gasteiger partial charge in [-0.1, -0.05) is 29.8 Å². The fourth-order valence-electron chi connectivity index (χ4n) is 4.56. The van der Waals surface area contributed by atoms with E-state index in [4.69, 9.17) is 23.1 Å². The zero-order valence-corrected chi connectivity index (χ0v) is 17.0. The molecule has 0 unspecified atom stereocenters. The fourth-order valence-corrected chi connectivity index (χ4v) is 4.75. The Labute approximate surface area is 171 Å². The van der Waals surface area contributed by atoms with E-state index in [9.17, 15) is 4.79 Å². The van der Waals surface area contributed by atoms with Gasteiger partial charge in [-0.3, -0.25) is 4.90 Å². The number of hydrogen-bond acceptors (Lipinski definition) is 3. The molecular formula is C22H27ClN4O. The predicted molar refractivity (Wildman–Crippen MR) is 114 cm³/mol. The first kappa shape index (κ1) is 19.1. The lowest BCUT2D eigenvalue weighted by molar-refractivity contribution is 0.0848. The van der Waals surface area contributed by atoms with Crippen LogP contribution >= 0.6 is 11.6 Å². The first-order valence-electron chi connectivity index (χ1n) is 9.80. The molecule has 1 aliphatic heterocycles. The minimum atomic E-state index is -0.388. The topological polar surface area (TPSA) is 75.6 Å². The molecule has 0 atom stereocenters. The van der Waals surface area contributed by atoms with Crippen molar-refractivity contribution in [3.05, 3.63) is 59.1 Å². The molecule has 1 saturated carbocycles. The number of nitrogens with two attached hydrogens (primary N) is 2. The summed E-state index contributed by atoms with van der Waals surface area (Å²) in [5.41, 5.74) is 14.7. The van der Waals surface area contributed by atoms with Crippen LogP contribution in [0.15, 0.2) is 48.5 Å². The molecule has 2 aliphatic rings. The van der Waals surface area contributed by atoms with E-state index in [1.165, 1.54) is 0 Å². The molecule has 4 N–H and O–H groups in total. The van der Waals surface area contributed by atoms with Gasteiger partial charge in [0, 0.05) is 40.6 Å². The van der Waals surface area contributed by atoms with Crippen LogP contribution in [0.4, 0.5) is 16.2 Å². The van der Waals surface area contributed by atoms with Crippen LogP contribution in [0.25, 0.3) is 0 Å². The molecule has 1 aliphatic carbocycles. The maximum absolute atomic E-state index is 13.2. The molecule has 0 aromatic heterocycles. The zero-order valence-electron chi connectivity index (χ0n) is 16.2. The molecule has 2 aromatic rings. The lowest BCUT2D eigenvalue weighted by atomic mass is 9.70. The summed E-state index contributed by atoms with van der Waals surface area (Å²) in [7, 11) is 0. The van der Waals surface area contributed by atoms with Gasteiger partial charge in [-0.05, 0) is 68.5 Å². The number of anilines is 2. The van der Waals surface area contributed by atoms with E-state index in [2.05, 4.69) is 13.0 Å². The van der Waals surface area contributed by atoms with E-state index in [0.29, 0.717) is 17.3 Å². The minimum absolute atomic E-state index is 0.0559. The normalized spacial score (nSPS) is 28.0. The van der Waals surface area contributed by atoms with Crippen molar-refractivity contribution in [1.29, 1.82) is 0 Å². The van der Waals surface area contributed by atoms with E-state index in [-0.39, 0.29) is 17.1 Å². The highest BCUT2D eigenvalue weighted by atomic mass is 35.5. The van der Waals surface area contributed by atoms with Crippen molar-refractivity contribution in [1.82, 2.24) is 4.90 Å². The van der Waals surface area contributed by atoms with Crippen LogP contribution in [0, 0.1) is 0 Å². The van der Waals surface area contributed by atoms with Gasteiger partial charge >= 0.3 is 6.03 Å². The number of carbonyl (C=O) groups is 1. The highest BCUT2D eigenvalue weighted by Crippen LogP contribution is 2.44. The van der Waals surface area contributed by atoms with Gasteiger partial charge in [0.25, 0.3) is 0 Å². The largest absolute Gasteiger partial charge is 0.399 e. The average Bonchev–Trinajstić information content (AvgIpc) is 3.07. The number of halogens is 1. The molecule has 0 spiro atoms. The van der Waals surface area contributed by atoms with Crippen molar-refractivity contribution >= 4 is 29.0 Å². The van der Waals surface area contributed by atoms with Gasteiger partial charge in [0.1, 0.15) is 0 Å². The number of urea groups is 1. The molecule has 2 aromatic carbocycles. The second-order valence-corrected chi connectivity index (χ2v) is 8.78. The van der Waals surface area contributed by atoms with Crippen LogP contribution in [-0.4, -0.2) is 29.6 Å². The Hall–Kier alpha value is -2.24. The quantitative estimate of drug-likeness (QED) is 0.754. The molecule has 28 heavy (non-hydrogen) atoms. The standard InChI is InChI=1S/C22H27ClN4O/c1-21(8-10-22(25,11-9-21)16-4-2-5-17(23)14-16)27-13-12-26(20(27)28)19-7-3-6-18(24)15-19/h2-7,14-15H,8-13,24-25H2,1H3. The molecule has 1 saturated heterocycles. The van der Waals surface area contributed by atoms with Crippen LogP contribution < -0.4 is 16.4 Å². The minimum Gasteiger partial charge on any atom is -0.399 e. The first-order valence-corrected chi connectivity index (χ1v) is 10.2. The maximum Gasteiger partial charge on any atom is 0.325 e. The molecular weight excluding hydrogens is 372 g/mol. The summed E-state index contributed by atoms with van der Waals surface area (Å²) in [5.74, 6) is 0. The predicted octanol–water partition coefficient (Wildman–Crippen LogP) is 4.35. The van der Waals surface area contributed by atoms with Crippen molar-refractivity contribution < 1.29 is 4.79 Å². The van der Waals surface area contributed by atoms with Gasteiger partial charge in [0.15, 0.2) is 0 Å². The van der Waals surface area contributed by atoms with Crippen LogP contribution in [0.3, 0.4) is 0 Å². The lowest BCUT2D eigenvalue weighted by Gasteiger charge is -2.47. The number of rotatable bonds is 3. The molecule has 0 radical (unpaired) electrons. The Bertz CT molecular complexity index is 892. The Morgan fingerprint density at radius 2 is 1.71 bits per heavy atom. The van der Waals surface area contributed by atoms with Crippen LogP contribution in [-0.2, 0) is 5.54 Å². The van der Waals surface area contributed by atoms with E-state index < -0.39 is 0 Å². The van der Waals surface area contributed by atoms with Gasteiger partial charge in [-0.15, -0.1) is 0 Å². The summed E-state index contributed by atoms with van der Waals surface area (Å²) < 4.78 is 0. The van der Waals surface area contributed by atoms with Crippen molar-refractivity contribution in [3.8, 4) is 0 Å². The monoisotopic (exact) mass is 398 g/mol.